The van der Waals surface area contributed by atoms with Gasteiger partial charge in [-0.15, -0.1) is 0 Å². The van der Waals surface area contributed by atoms with Gasteiger partial charge in [0.1, 0.15) is 0 Å². The van der Waals surface area contributed by atoms with E-state index in [9.17, 15) is 18.0 Å². The molecule has 2 aliphatic heterocycles. The molecule has 2 saturated carbocycles. The zero-order valence-corrected chi connectivity index (χ0v) is 18.7. The molecule has 178 valence electrons. The highest BCUT2D eigenvalue weighted by molar-refractivity contribution is 5.77. The number of amides is 1. The minimum absolute atomic E-state index is 0.202. The van der Waals surface area contributed by atoms with Gasteiger partial charge in [-0.3, -0.25) is 4.79 Å². The lowest BCUT2D eigenvalue weighted by molar-refractivity contribution is -0.138. The molecule has 0 bridgehead atoms. The second-order valence-electron chi connectivity index (χ2n) is 10.5. The maximum Gasteiger partial charge on any atom is 0.417 e. The Kier molecular flexibility index (Phi) is 5.80. The van der Waals surface area contributed by atoms with Gasteiger partial charge in [0.25, 0.3) is 0 Å². The van der Waals surface area contributed by atoms with Crippen LogP contribution in [0, 0.1) is 34.5 Å². The molecule has 33 heavy (non-hydrogen) atoms. The van der Waals surface area contributed by atoms with Gasteiger partial charge in [-0.1, -0.05) is 0 Å². The number of alkyl halides is 3. The molecule has 0 unspecified atom stereocenters. The van der Waals surface area contributed by atoms with Crippen LogP contribution in [0.4, 0.5) is 18.9 Å². The Hall–Kier alpha value is -2.27. The topological polar surface area (TPSA) is 56.6 Å². The second-order valence-corrected chi connectivity index (χ2v) is 10.5. The normalized spacial score (nSPS) is 27.4. The summed E-state index contributed by atoms with van der Waals surface area (Å²) < 4.78 is 46.7. The van der Waals surface area contributed by atoms with Crippen molar-refractivity contribution >= 4 is 11.6 Å². The van der Waals surface area contributed by atoms with Crippen LogP contribution in [0.3, 0.4) is 0 Å². The Labute approximate surface area is 192 Å². The van der Waals surface area contributed by atoms with E-state index in [2.05, 4.69) is 0 Å². The molecule has 2 aliphatic carbocycles. The molecule has 5 nitrogen and oxygen atoms in total. The van der Waals surface area contributed by atoms with Gasteiger partial charge in [-0.2, -0.15) is 18.4 Å². The van der Waals surface area contributed by atoms with Crippen molar-refractivity contribution in [1.29, 1.82) is 5.26 Å². The molecule has 0 N–H and O–H groups in total. The van der Waals surface area contributed by atoms with E-state index in [1.54, 1.807) is 12.1 Å². The molecule has 1 aromatic carbocycles. The molecule has 2 saturated heterocycles. The van der Waals surface area contributed by atoms with Crippen molar-refractivity contribution in [3.63, 3.8) is 0 Å². The first-order valence-corrected chi connectivity index (χ1v) is 12.0. The molecule has 8 heteroatoms. The molecule has 4 fully saturated rings. The van der Waals surface area contributed by atoms with Crippen LogP contribution in [-0.2, 0) is 15.7 Å². The third-order valence-electron chi connectivity index (χ3n) is 7.81. The molecule has 1 amide bonds. The lowest BCUT2D eigenvalue weighted by atomic mass is 9.73. The third kappa shape index (κ3) is 4.84. The predicted molar refractivity (Wildman–Crippen MR) is 116 cm³/mol. The molecule has 0 radical (unpaired) electrons. The average molecular weight is 462 g/mol. The summed E-state index contributed by atoms with van der Waals surface area (Å²) in [4.78, 5) is 16.8. The summed E-state index contributed by atoms with van der Waals surface area (Å²) in [5.41, 5.74) is -1.05. The number of carbonyl (C=O) groups is 1. The SMILES string of the molecule is N#Cc1ccc(N2C[C@@H]3CCN(C(=O)CC4CC4)C[C@]3(COCC3CC3)C2)cc1C(F)(F)F. The fraction of sp³-hybridized carbons (Fsp3) is 0.680. The first-order chi connectivity index (χ1) is 15.8. The predicted octanol–water partition coefficient (Wildman–Crippen LogP) is 4.46. The Bertz CT molecular complexity index is 951. The quantitative estimate of drug-likeness (QED) is 0.602. The van der Waals surface area contributed by atoms with Gasteiger partial charge in [0, 0.05) is 50.3 Å². The number of nitrogens with zero attached hydrogens (tertiary/aromatic N) is 3. The van der Waals surface area contributed by atoms with E-state index < -0.39 is 11.7 Å². The maximum absolute atomic E-state index is 13.5. The monoisotopic (exact) mass is 461 g/mol. The van der Waals surface area contributed by atoms with Gasteiger partial charge in [0.15, 0.2) is 0 Å². The van der Waals surface area contributed by atoms with E-state index >= 15 is 0 Å². The van der Waals surface area contributed by atoms with Gasteiger partial charge in [-0.25, -0.2) is 0 Å². The van der Waals surface area contributed by atoms with Crippen molar-refractivity contribution in [3.8, 4) is 6.07 Å². The number of hydrogen-bond acceptors (Lipinski definition) is 4. The highest BCUT2D eigenvalue weighted by Crippen LogP contribution is 2.46. The van der Waals surface area contributed by atoms with Gasteiger partial charge in [-0.05, 0) is 68.1 Å². The van der Waals surface area contributed by atoms with Crippen LogP contribution >= 0.6 is 0 Å². The standard InChI is InChI=1S/C25H30F3N3O2/c26-25(27,28)22-10-21(6-5-19(22)11-29)31-12-20-7-8-30(23(32)9-17-1-2-17)14-24(20,15-31)16-33-13-18-3-4-18/h5-6,10,17-18,20H,1-4,7-9,12-16H2/t20-,24+/m0/s1. The van der Waals surface area contributed by atoms with Crippen LogP contribution in [0.15, 0.2) is 18.2 Å². The number of ether oxygens (including phenoxy) is 1. The minimum atomic E-state index is -4.58. The van der Waals surface area contributed by atoms with E-state index in [1.165, 1.54) is 18.9 Å². The number of halogens is 3. The number of fused-ring (bicyclic) bond motifs is 1. The summed E-state index contributed by atoms with van der Waals surface area (Å²) >= 11 is 0. The highest BCUT2D eigenvalue weighted by Gasteiger charge is 2.51. The van der Waals surface area contributed by atoms with Crippen LogP contribution in [0.2, 0.25) is 0 Å². The molecule has 5 rings (SSSR count). The highest BCUT2D eigenvalue weighted by atomic mass is 19.4. The maximum atomic E-state index is 13.5. The number of anilines is 1. The smallest absolute Gasteiger partial charge is 0.380 e. The van der Waals surface area contributed by atoms with Crippen LogP contribution < -0.4 is 4.90 Å². The van der Waals surface area contributed by atoms with Gasteiger partial charge >= 0.3 is 6.18 Å². The molecule has 0 spiro atoms. The van der Waals surface area contributed by atoms with Crippen LogP contribution in [-0.4, -0.2) is 50.2 Å². The second kappa shape index (κ2) is 8.50. The van der Waals surface area contributed by atoms with E-state index in [0.717, 1.165) is 31.9 Å². The lowest BCUT2D eigenvalue weighted by Crippen LogP contribution is -2.53. The number of benzene rings is 1. The number of carbonyl (C=O) groups excluding carboxylic acids is 1. The zero-order valence-electron chi connectivity index (χ0n) is 18.7. The van der Waals surface area contributed by atoms with Crippen LogP contribution in [0.25, 0.3) is 0 Å². The van der Waals surface area contributed by atoms with Crippen molar-refractivity contribution in [2.45, 2.75) is 44.7 Å². The van der Waals surface area contributed by atoms with E-state index in [-0.39, 0.29) is 22.8 Å². The Morgan fingerprint density at radius 2 is 1.91 bits per heavy atom. The average Bonchev–Trinajstić information content (AvgIpc) is 3.71. The van der Waals surface area contributed by atoms with E-state index in [4.69, 9.17) is 10.00 Å². The van der Waals surface area contributed by atoms with Crippen molar-refractivity contribution in [3.05, 3.63) is 29.3 Å². The first kappa shape index (κ1) is 22.5. The number of rotatable bonds is 7. The van der Waals surface area contributed by atoms with E-state index in [1.807, 2.05) is 9.80 Å². The first-order valence-electron chi connectivity index (χ1n) is 12.0. The van der Waals surface area contributed by atoms with Gasteiger partial charge in [0.05, 0.1) is 23.8 Å². The third-order valence-corrected chi connectivity index (χ3v) is 7.81. The van der Waals surface area contributed by atoms with Gasteiger partial charge in [0.2, 0.25) is 5.91 Å². The van der Waals surface area contributed by atoms with Gasteiger partial charge < -0.3 is 14.5 Å². The number of nitriles is 1. The summed E-state index contributed by atoms with van der Waals surface area (Å²) in [6, 6.07) is 5.64. The lowest BCUT2D eigenvalue weighted by Gasteiger charge is -2.44. The number of likely N-dealkylation sites (tertiary alicyclic amines) is 1. The molecular weight excluding hydrogens is 431 g/mol. The largest absolute Gasteiger partial charge is 0.417 e. The number of hydrogen-bond donors (Lipinski definition) is 0. The van der Waals surface area contributed by atoms with Crippen molar-refractivity contribution < 1.29 is 22.7 Å². The molecule has 2 heterocycles. The Balaban J connectivity index is 1.37. The molecular formula is C25H30F3N3O2. The molecule has 1 aromatic rings. The molecule has 4 aliphatic rings. The molecule has 0 aromatic heterocycles. The summed E-state index contributed by atoms with van der Waals surface area (Å²) in [6.07, 6.45) is 1.52. The summed E-state index contributed by atoms with van der Waals surface area (Å²) in [5.74, 6) is 1.61. The molecule has 2 atom stereocenters. The summed E-state index contributed by atoms with van der Waals surface area (Å²) in [7, 11) is 0. The minimum Gasteiger partial charge on any atom is -0.380 e. The Morgan fingerprint density at radius 1 is 1.15 bits per heavy atom. The van der Waals surface area contributed by atoms with Crippen molar-refractivity contribution in [1.82, 2.24) is 4.90 Å². The summed E-state index contributed by atoms with van der Waals surface area (Å²) in [5, 5.41) is 9.12. The Morgan fingerprint density at radius 3 is 2.58 bits per heavy atom. The van der Waals surface area contributed by atoms with E-state index in [0.29, 0.717) is 56.7 Å². The number of piperidine rings is 1. The van der Waals surface area contributed by atoms with Crippen LogP contribution in [0.5, 0.6) is 0 Å². The fourth-order valence-corrected chi connectivity index (χ4v) is 5.47. The van der Waals surface area contributed by atoms with Crippen LogP contribution in [0.1, 0.15) is 49.7 Å². The summed E-state index contributed by atoms with van der Waals surface area (Å²) in [6.45, 7) is 3.75. The zero-order chi connectivity index (χ0) is 23.2. The fourth-order valence-electron chi connectivity index (χ4n) is 5.47. The van der Waals surface area contributed by atoms with Crippen molar-refractivity contribution in [2.75, 3.05) is 44.3 Å². The van der Waals surface area contributed by atoms with Crippen molar-refractivity contribution in [2.24, 2.45) is 23.2 Å².